The molecule has 48 heavy (non-hydrogen) atoms. The molecule has 0 aliphatic heterocycles. The Kier molecular flexibility index (Phi) is 11.9. The van der Waals surface area contributed by atoms with Gasteiger partial charge in [0.15, 0.2) is 0 Å². The molecule has 7 nitrogen and oxygen atoms in total. The Balaban J connectivity index is 1.85. The van der Waals surface area contributed by atoms with Crippen LogP contribution in [0.1, 0.15) is 42.5 Å². The highest BCUT2D eigenvalue weighted by Crippen LogP contribution is 2.33. The van der Waals surface area contributed by atoms with Crippen LogP contribution < -0.4 is 9.62 Å². The van der Waals surface area contributed by atoms with Gasteiger partial charge in [-0.15, -0.1) is 0 Å². The van der Waals surface area contributed by atoms with E-state index in [2.05, 4.69) is 5.32 Å². The second-order valence-electron chi connectivity index (χ2n) is 11.5. The zero-order chi connectivity index (χ0) is 35.1. The Morgan fingerprint density at radius 1 is 0.875 bits per heavy atom. The molecule has 0 bridgehead atoms. The van der Waals surface area contributed by atoms with Crippen LogP contribution in [0.4, 0.5) is 18.9 Å². The van der Waals surface area contributed by atoms with E-state index in [0.717, 1.165) is 23.3 Å². The number of carbonyl (C=O) groups excluding carboxylic acids is 2. The fourth-order valence-electron chi connectivity index (χ4n) is 5.03. The third kappa shape index (κ3) is 9.38. The van der Waals surface area contributed by atoms with Crippen LogP contribution in [0.5, 0.6) is 0 Å². The summed E-state index contributed by atoms with van der Waals surface area (Å²) in [7, 11) is -4.57. The van der Waals surface area contributed by atoms with Crippen molar-refractivity contribution in [3.63, 3.8) is 0 Å². The fourth-order valence-corrected chi connectivity index (χ4v) is 6.65. The maximum atomic E-state index is 14.5. The molecule has 1 N–H and O–H groups in total. The molecule has 254 valence electrons. The van der Waals surface area contributed by atoms with Gasteiger partial charge in [0.2, 0.25) is 11.8 Å². The summed E-state index contributed by atoms with van der Waals surface area (Å²) in [6.07, 6.45) is -4.07. The molecule has 0 saturated heterocycles. The summed E-state index contributed by atoms with van der Waals surface area (Å²) in [5.74, 6) is -1.26. The Hall–Kier alpha value is -4.35. The number of benzene rings is 4. The van der Waals surface area contributed by atoms with Crippen molar-refractivity contribution in [2.45, 2.75) is 63.3 Å². The minimum Gasteiger partial charge on any atom is -0.352 e. The van der Waals surface area contributed by atoms with Gasteiger partial charge in [-0.1, -0.05) is 84.8 Å². The van der Waals surface area contributed by atoms with Gasteiger partial charge >= 0.3 is 6.18 Å². The van der Waals surface area contributed by atoms with Crippen LogP contribution in [-0.2, 0) is 38.8 Å². The van der Waals surface area contributed by atoms with E-state index in [1.165, 1.54) is 23.1 Å². The van der Waals surface area contributed by atoms with Crippen LogP contribution >= 0.6 is 11.6 Å². The number of nitrogens with zero attached hydrogens (tertiary/aromatic N) is 2. The lowest BCUT2D eigenvalue weighted by atomic mass is 10.0. The second kappa shape index (κ2) is 15.7. The number of anilines is 1. The SMILES string of the molecule is CC[C@H](C)NC(=O)[C@H](Cc1ccccc1)N(Cc1cccc(Cl)c1)C(=O)CN(c1cccc(C(F)(F)F)c1)S(=O)(=O)c1ccc(C)cc1. The first-order valence-corrected chi connectivity index (χ1v) is 17.2. The average molecular weight is 700 g/mol. The Bertz CT molecular complexity index is 1820. The van der Waals surface area contributed by atoms with Crippen LogP contribution in [0.2, 0.25) is 5.02 Å². The van der Waals surface area contributed by atoms with Gasteiger partial charge in [0.05, 0.1) is 16.1 Å². The van der Waals surface area contributed by atoms with Crippen molar-refractivity contribution in [1.29, 1.82) is 0 Å². The van der Waals surface area contributed by atoms with Gasteiger partial charge in [0.25, 0.3) is 10.0 Å². The van der Waals surface area contributed by atoms with Crippen molar-refractivity contribution in [1.82, 2.24) is 10.2 Å². The van der Waals surface area contributed by atoms with Crippen molar-refractivity contribution in [3.05, 3.63) is 130 Å². The lowest BCUT2D eigenvalue weighted by Crippen LogP contribution is -2.54. The zero-order valence-electron chi connectivity index (χ0n) is 26.7. The highest BCUT2D eigenvalue weighted by atomic mass is 35.5. The molecular formula is C36H37ClF3N3O4S. The van der Waals surface area contributed by atoms with Crippen LogP contribution in [0.25, 0.3) is 0 Å². The van der Waals surface area contributed by atoms with E-state index in [1.54, 1.807) is 55.5 Å². The third-order valence-corrected chi connectivity index (χ3v) is 9.89. The van der Waals surface area contributed by atoms with Gasteiger partial charge in [-0.3, -0.25) is 13.9 Å². The summed E-state index contributed by atoms with van der Waals surface area (Å²) in [6.45, 7) is 4.46. The second-order valence-corrected chi connectivity index (χ2v) is 13.8. The van der Waals surface area contributed by atoms with Crippen LogP contribution in [0.15, 0.2) is 108 Å². The highest BCUT2D eigenvalue weighted by Gasteiger charge is 2.36. The number of hydrogen-bond acceptors (Lipinski definition) is 4. The number of nitrogens with one attached hydrogen (secondary N) is 1. The van der Waals surface area contributed by atoms with E-state index < -0.39 is 46.2 Å². The molecule has 2 atom stereocenters. The largest absolute Gasteiger partial charge is 0.416 e. The lowest BCUT2D eigenvalue weighted by molar-refractivity contribution is -0.140. The van der Waals surface area contributed by atoms with Crippen molar-refractivity contribution >= 4 is 39.1 Å². The fraction of sp³-hybridized carbons (Fsp3) is 0.278. The number of halogens is 4. The molecule has 2 amide bonds. The normalized spacial score (nSPS) is 13.0. The first kappa shape index (κ1) is 36.5. The standard InChI is InChI=1S/C36H37ClF3N3O4S/c1-4-26(3)41-35(45)33(21-27-10-6-5-7-11-27)42(23-28-12-8-14-30(37)20-28)34(44)24-43(31-15-9-13-29(22-31)36(38,39)40)48(46,47)32-18-16-25(2)17-19-32/h5-20,22,26,33H,4,21,23-24H2,1-3H3,(H,41,45)/t26-,33-/m0/s1. The number of rotatable bonds is 13. The average Bonchev–Trinajstić information content (AvgIpc) is 3.05. The van der Waals surface area contributed by atoms with E-state index in [4.69, 9.17) is 11.6 Å². The number of hydrogen-bond donors (Lipinski definition) is 1. The smallest absolute Gasteiger partial charge is 0.352 e. The van der Waals surface area contributed by atoms with Gasteiger partial charge in [-0.05, 0) is 73.9 Å². The summed E-state index contributed by atoms with van der Waals surface area (Å²) in [5, 5.41) is 3.32. The number of carbonyl (C=O) groups is 2. The van der Waals surface area contributed by atoms with Crippen LogP contribution in [0.3, 0.4) is 0 Å². The molecule has 0 saturated carbocycles. The van der Waals surface area contributed by atoms with E-state index in [1.807, 2.05) is 32.0 Å². The molecule has 0 heterocycles. The lowest BCUT2D eigenvalue weighted by Gasteiger charge is -2.34. The number of amides is 2. The topological polar surface area (TPSA) is 86.8 Å². The predicted octanol–water partition coefficient (Wildman–Crippen LogP) is 7.42. The maximum Gasteiger partial charge on any atom is 0.416 e. The van der Waals surface area contributed by atoms with Crippen molar-refractivity contribution in [2.75, 3.05) is 10.8 Å². The Morgan fingerprint density at radius 3 is 2.15 bits per heavy atom. The predicted molar refractivity (Wildman–Crippen MR) is 181 cm³/mol. The molecular weight excluding hydrogens is 663 g/mol. The molecule has 0 radical (unpaired) electrons. The summed E-state index contributed by atoms with van der Waals surface area (Å²) in [5.41, 5.74) is 0.636. The van der Waals surface area contributed by atoms with Gasteiger partial charge in [-0.2, -0.15) is 13.2 Å². The van der Waals surface area contributed by atoms with Gasteiger partial charge < -0.3 is 10.2 Å². The van der Waals surface area contributed by atoms with Crippen LogP contribution in [0, 0.1) is 6.92 Å². The van der Waals surface area contributed by atoms with Gasteiger partial charge in [-0.25, -0.2) is 8.42 Å². The highest BCUT2D eigenvalue weighted by molar-refractivity contribution is 7.92. The molecule has 0 unspecified atom stereocenters. The molecule has 4 rings (SSSR count). The Labute approximate surface area is 284 Å². The molecule has 4 aromatic rings. The van der Waals surface area contributed by atoms with Crippen molar-refractivity contribution in [2.24, 2.45) is 0 Å². The Morgan fingerprint density at radius 2 is 1.52 bits per heavy atom. The first-order valence-electron chi connectivity index (χ1n) is 15.3. The molecule has 0 aliphatic rings. The molecule has 0 aliphatic carbocycles. The minimum absolute atomic E-state index is 0.0870. The van der Waals surface area contributed by atoms with E-state index in [-0.39, 0.29) is 29.6 Å². The summed E-state index contributed by atoms with van der Waals surface area (Å²) in [4.78, 5) is 29.5. The van der Waals surface area contributed by atoms with E-state index in [9.17, 15) is 31.2 Å². The minimum atomic E-state index is -4.77. The van der Waals surface area contributed by atoms with Crippen molar-refractivity contribution < 1.29 is 31.2 Å². The molecule has 0 fully saturated rings. The molecule has 0 aromatic heterocycles. The quantitative estimate of drug-likeness (QED) is 0.157. The molecule has 0 spiro atoms. The monoisotopic (exact) mass is 699 g/mol. The first-order chi connectivity index (χ1) is 22.7. The summed E-state index contributed by atoms with van der Waals surface area (Å²) < 4.78 is 70.3. The summed E-state index contributed by atoms with van der Waals surface area (Å²) >= 11 is 6.26. The third-order valence-electron chi connectivity index (χ3n) is 7.86. The number of sulfonamides is 1. The van der Waals surface area contributed by atoms with Gasteiger partial charge in [0.1, 0.15) is 12.6 Å². The van der Waals surface area contributed by atoms with Crippen LogP contribution in [-0.4, -0.2) is 43.8 Å². The molecule has 12 heteroatoms. The maximum absolute atomic E-state index is 14.5. The van der Waals surface area contributed by atoms with E-state index >= 15 is 0 Å². The van der Waals surface area contributed by atoms with Gasteiger partial charge in [0, 0.05) is 24.0 Å². The van der Waals surface area contributed by atoms with E-state index in [0.29, 0.717) is 27.4 Å². The summed E-state index contributed by atoms with van der Waals surface area (Å²) in [6, 6.07) is 23.9. The molecule has 4 aromatic carbocycles. The van der Waals surface area contributed by atoms with Crippen molar-refractivity contribution in [3.8, 4) is 0 Å². The number of aryl methyl sites for hydroxylation is 1. The zero-order valence-corrected chi connectivity index (χ0v) is 28.3. The number of alkyl halides is 3.